The van der Waals surface area contributed by atoms with E-state index in [1.165, 1.54) is 43.5 Å². The Bertz CT molecular complexity index is 1300. The molecule has 0 aliphatic carbocycles. The lowest BCUT2D eigenvalue weighted by Crippen LogP contribution is -2.19. The molecule has 3 rings (SSSR count). The second-order valence-corrected chi connectivity index (χ2v) is 8.13. The third-order valence-corrected chi connectivity index (χ3v) is 5.92. The lowest BCUT2D eigenvalue weighted by Gasteiger charge is -2.14. The van der Waals surface area contributed by atoms with E-state index in [4.69, 9.17) is 21.1 Å². The van der Waals surface area contributed by atoms with Crippen molar-refractivity contribution in [2.75, 3.05) is 19.0 Å². The van der Waals surface area contributed by atoms with Crippen molar-refractivity contribution in [1.82, 2.24) is 0 Å². The fourth-order valence-electron chi connectivity index (χ4n) is 3.09. The molecule has 3 aromatic rings. The highest BCUT2D eigenvalue weighted by Crippen LogP contribution is 2.31. The summed E-state index contributed by atoms with van der Waals surface area (Å²) in [4.78, 5) is 37.9. The molecule has 34 heavy (non-hydrogen) atoms. The van der Waals surface area contributed by atoms with Gasteiger partial charge in [0.2, 0.25) is 0 Å². The van der Waals surface area contributed by atoms with Crippen LogP contribution in [0.15, 0.2) is 53.0 Å². The monoisotopic (exact) mass is 551 g/mol. The predicted molar refractivity (Wildman–Crippen MR) is 126 cm³/mol. The van der Waals surface area contributed by atoms with Crippen LogP contribution in [0.1, 0.15) is 38.0 Å². The van der Waals surface area contributed by atoms with Crippen LogP contribution in [-0.2, 0) is 9.47 Å². The van der Waals surface area contributed by atoms with E-state index in [2.05, 4.69) is 21.2 Å². The number of benzene rings is 3. The number of carbonyl (C=O) groups excluding carboxylic acids is 3. The molecule has 176 valence electrons. The van der Waals surface area contributed by atoms with Gasteiger partial charge in [0.15, 0.2) is 11.6 Å². The maximum absolute atomic E-state index is 13.8. The predicted octanol–water partition coefficient (Wildman–Crippen LogP) is 6.26. The van der Waals surface area contributed by atoms with Crippen molar-refractivity contribution in [3.63, 3.8) is 0 Å². The molecule has 0 heterocycles. The van der Waals surface area contributed by atoms with Crippen molar-refractivity contribution in [1.29, 1.82) is 0 Å². The minimum absolute atomic E-state index is 0.0153. The van der Waals surface area contributed by atoms with Crippen LogP contribution >= 0.6 is 27.5 Å². The molecule has 0 unspecified atom stereocenters. The molecule has 0 spiro atoms. The first-order valence-corrected chi connectivity index (χ1v) is 11.0. The van der Waals surface area contributed by atoms with Gasteiger partial charge in [-0.05, 0) is 70.4 Å². The summed E-state index contributed by atoms with van der Waals surface area (Å²) in [6, 6.07) is 10.2. The van der Waals surface area contributed by atoms with Crippen LogP contribution in [0.25, 0.3) is 11.1 Å². The van der Waals surface area contributed by atoms with Crippen LogP contribution in [0.2, 0.25) is 5.02 Å². The number of nitrogens with one attached hydrogen (secondary N) is 1. The molecule has 10 heteroatoms. The second-order valence-electron chi connectivity index (χ2n) is 6.87. The Kier molecular flexibility index (Phi) is 8.01. The Morgan fingerprint density at radius 2 is 1.59 bits per heavy atom. The molecule has 0 fully saturated rings. The summed E-state index contributed by atoms with van der Waals surface area (Å²) in [7, 11) is 1.17. The van der Waals surface area contributed by atoms with Crippen molar-refractivity contribution >= 4 is 51.1 Å². The smallest absolute Gasteiger partial charge is 0.340 e. The number of amides is 1. The summed E-state index contributed by atoms with van der Waals surface area (Å²) in [6.45, 7) is 1.68. The fraction of sp³-hybridized carbons (Fsp3) is 0.125. The third kappa shape index (κ3) is 5.43. The van der Waals surface area contributed by atoms with Gasteiger partial charge < -0.3 is 14.8 Å². The van der Waals surface area contributed by atoms with Gasteiger partial charge in [0, 0.05) is 4.47 Å². The topological polar surface area (TPSA) is 81.7 Å². The van der Waals surface area contributed by atoms with Crippen LogP contribution < -0.4 is 5.32 Å². The molecule has 1 N–H and O–H groups in total. The molecule has 0 bridgehead atoms. The van der Waals surface area contributed by atoms with Gasteiger partial charge in [0.05, 0.1) is 41.1 Å². The van der Waals surface area contributed by atoms with E-state index in [-0.39, 0.29) is 39.6 Å². The molecular weight excluding hydrogens is 536 g/mol. The highest BCUT2D eigenvalue weighted by molar-refractivity contribution is 9.10. The van der Waals surface area contributed by atoms with Crippen LogP contribution in [-0.4, -0.2) is 31.6 Å². The van der Waals surface area contributed by atoms with E-state index in [9.17, 15) is 23.2 Å². The number of halogens is 4. The summed E-state index contributed by atoms with van der Waals surface area (Å²) in [6.07, 6.45) is 0. The number of methoxy groups -OCH3 is 1. The second kappa shape index (κ2) is 10.8. The average Bonchev–Trinajstić information content (AvgIpc) is 2.82. The number of ether oxygens (including phenoxy) is 2. The molecule has 0 aliphatic rings. The van der Waals surface area contributed by atoms with Gasteiger partial charge in [-0.1, -0.05) is 23.7 Å². The minimum Gasteiger partial charge on any atom is -0.465 e. The molecular formula is C24H17BrClF2NO5. The zero-order valence-corrected chi connectivity index (χ0v) is 20.2. The van der Waals surface area contributed by atoms with E-state index in [1.807, 2.05) is 0 Å². The van der Waals surface area contributed by atoms with E-state index in [0.29, 0.717) is 10.0 Å². The van der Waals surface area contributed by atoms with Crippen molar-refractivity contribution in [2.24, 2.45) is 0 Å². The zero-order chi connectivity index (χ0) is 25.0. The molecule has 0 radical (unpaired) electrons. The quantitative estimate of drug-likeness (QED) is 0.365. The van der Waals surface area contributed by atoms with Gasteiger partial charge in [-0.15, -0.1) is 0 Å². The van der Waals surface area contributed by atoms with Crippen molar-refractivity contribution in [3.05, 3.63) is 86.4 Å². The van der Waals surface area contributed by atoms with Gasteiger partial charge in [0.1, 0.15) is 0 Å². The number of carbonyl (C=O) groups is 3. The summed E-state index contributed by atoms with van der Waals surface area (Å²) in [5, 5.41) is 2.79. The number of hydrogen-bond donors (Lipinski definition) is 1. The number of hydrogen-bond acceptors (Lipinski definition) is 5. The molecule has 3 aromatic carbocycles. The molecule has 0 aliphatic heterocycles. The SMILES string of the molecule is CCOC(=O)c1ccc(-c2ccc(F)c(F)c2)cc1C(=O)Nc1cc(Br)c(Cl)cc1C(=O)OC. The number of anilines is 1. The van der Waals surface area contributed by atoms with Gasteiger partial charge in [0.25, 0.3) is 5.91 Å². The van der Waals surface area contributed by atoms with Crippen LogP contribution in [0.5, 0.6) is 0 Å². The Hall–Kier alpha value is -3.30. The van der Waals surface area contributed by atoms with Crippen molar-refractivity contribution < 1.29 is 32.6 Å². The number of rotatable bonds is 6. The van der Waals surface area contributed by atoms with Gasteiger partial charge >= 0.3 is 11.9 Å². The molecule has 0 aromatic heterocycles. The highest BCUT2D eigenvalue weighted by Gasteiger charge is 2.23. The van der Waals surface area contributed by atoms with Crippen LogP contribution in [0.4, 0.5) is 14.5 Å². The molecule has 6 nitrogen and oxygen atoms in total. The Morgan fingerprint density at radius 3 is 2.24 bits per heavy atom. The lowest BCUT2D eigenvalue weighted by molar-refractivity contribution is 0.0522. The summed E-state index contributed by atoms with van der Waals surface area (Å²) in [5.74, 6) is -4.34. The summed E-state index contributed by atoms with van der Waals surface area (Å²) < 4.78 is 37.3. The van der Waals surface area contributed by atoms with Crippen molar-refractivity contribution in [3.8, 4) is 11.1 Å². The van der Waals surface area contributed by atoms with E-state index in [0.717, 1.165) is 12.1 Å². The molecule has 0 saturated heterocycles. The van der Waals surface area contributed by atoms with Crippen LogP contribution in [0, 0.1) is 11.6 Å². The average molecular weight is 553 g/mol. The molecule has 0 atom stereocenters. The normalized spacial score (nSPS) is 10.5. The highest BCUT2D eigenvalue weighted by atomic mass is 79.9. The fourth-order valence-corrected chi connectivity index (χ4v) is 3.60. The zero-order valence-electron chi connectivity index (χ0n) is 17.9. The van der Waals surface area contributed by atoms with E-state index in [1.54, 1.807) is 6.92 Å². The standard InChI is InChI=1S/C24H17BrClF2NO5/c1-3-34-24(32)14-6-4-12(13-5-7-19(27)20(28)9-13)8-15(14)22(30)29-21-11-17(25)18(26)10-16(21)23(31)33-2/h4-11H,3H2,1-2H3,(H,29,30). The first kappa shape index (κ1) is 25.3. The van der Waals surface area contributed by atoms with E-state index >= 15 is 0 Å². The molecule has 0 saturated carbocycles. The van der Waals surface area contributed by atoms with E-state index < -0.39 is 29.5 Å². The Labute approximate surface area is 206 Å². The Morgan fingerprint density at radius 1 is 0.912 bits per heavy atom. The van der Waals surface area contributed by atoms with Crippen LogP contribution in [0.3, 0.4) is 0 Å². The first-order valence-electron chi connectivity index (χ1n) is 9.81. The lowest BCUT2D eigenvalue weighted by atomic mass is 9.98. The maximum atomic E-state index is 13.8. The molecule has 1 amide bonds. The van der Waals surface area contributed by atoms with Gasteiger partial charge in [-0.2, -0.15) is 0 Å². The van der Waals surface area contributed by atoms with Crippen molar-refractivity contribution in [2.45, 2.75) is 6.92 Å². The van der Waals surface area contributed by atoms with Gasteiger partial charge in [-0.25, -0.2) is 18.4 Å². The number of esters is 2. The Balaban J connectivity index is 2.10. The first-order chi connectivity index (χ1) is 16.2. The van der Waals surface area contributed by atoms with Gasteiger partial charge in [-0.3, -0.25) is 4.79 Å². The third-order valence-electron chi connectivity index (χ3n) is 4.73. The summed E-state index contributed by atoms with van der Waals surface area (Å²) >= 11 is 9.30. The maximum Gasteiger partial charge on any atom is 0.340 e. The largest absolute Gasteiger partial charge is 0.465 e. The minimum atomic E-state index is -1.06. The summed E-state index contributed by atoms with van der Waals surface area (Å²) in [5.41, 5.74) is 0.524.